The Bertz CT molecular complexity index is 331. The van der Waals surface area contributed by atoms with Crippen LogP contribution in [0.5, 0.6) is 0 Å². The lowest BCUT2D eigenvalue weighted by atomic mass is 10.1. The molecule has 2 N–H and O–H groups in total. The number of ether oxygens (including phenoxy) is 2. The van der Waals surface area contributed by atoms with Crippen LogP contribution >= 0.6 is 15.9 Å². The standard InChI is InChI=1S/C11H14BrNO2/c1-11(14-6-10(13)7-15-11)8-2-4-9(12)5-3-8/h2-5,10H,6-7,13H2,1H3. The van der Waals surface area contributed by atoms with Crippen molar-refractivity contribution in [1.29, 1.82) is 0 Å². The van der Waals surface area contributed by atoms with Crippen LogP contribution in [0.1, 0.15) is 12.5 Å². The fraction of sp³-hybridized carbons (Fsp3) is 0.455. The van der Waals surface area contributed by atoms with Gasteiger partial charge in [-0.25, -0.2) is 0 Å². The summed E-state index contributed by atoms with van der Waals surface area (Å²) in [6.07, 6.45) is 0. The molecule has 2 rings (SSSR count). The van der Waals surface area contributed by atoms with Crippen LogP contribution in [-0.2, 0) is 15.3 Å². The smallest absolute Gasteiger partial charge is 0.192 e. The zero-order valence-electron chi connectivity index (χ0n) is 8.57. The average Bonchev–Trinajstić information content (AvgIpc) is 2.24. The van der Waals surface area contributed by atoms with Crippen LogP contribution in [0, 0.1) is 0 Å². The molecule has 0 spiro atoms. The van der Waals surface area contributed by atoms with Gasteiger partial charge in [-0.05, 0) is 19.1 Å². The largest absolute Gasteiger partial charge is 0.344 e. The molecule has 15 heavy (non-hydrogen) atoms. The third-order valence-corrected chi connectivity index (χ3v) is 3.04. The molecule has 0 atom stereocenters. The zero-order valence-corrected chi connectivity index (χ0v) is 10.2. The van der Waals surface area contributed by atoms with Crippen LogP contribution in [0.4, 0.5) is 0 Å². The van der Waals surface area contributed by atoms with E-state index in [-0.39, 0.29) is 6.04 Å². The number of rotatable bonds is 1. The highest BCUT2D eigenvalue weighted by molar-refractivity contribution is 9.10. The summed E-state index contributed by atoms with van der Waals surface area (Å²) in [7, 11) is 0. The number of hydrogen-bond donors (Lipinski definition) is 1. The number of nitrogens with two attached hydrogens (primary N) is 1. The van der Waals surface area contributed by atoms with Crippen LogP contribution in [0.15, 0.2) is 28.7 Å². The molecular formula is C11H14BrNO2. The van der Waals surface area contributed by atoms with Crippen molar-refractivity contribution >= 4 is 15.9 Å². The molecule has 1 aromatic carbocycles. The predicted molar refractivity (Wildman–Crippen MR) is 61.4 cm³/mol. The molecule has 1 fully saturated rings. The van der Waals surface area contributed by atoms with Gasteiger partial charge in [-0.1, -0.05) is 28.1 Å². The van der Waals surface area contributed by atoms with E-state index in [1.807, 2.05) is 31.2 Å². The SMILES string of the molecule is CC1(c2ccc(Br)cc2)OCC(N)CO1. The first kappa shape index (κ1) is 11.1. The summed E-state index contributed by atoms with van der Waals surface area (Å²) in [5.41, 5.74) is 6.71. The first-order chi connectivity index (χ1) is 7.10. The molecule has 0 amide bonds. The molecule has 0 bridgehead atoms. The van der Waals surface area contributed by atoms with Crippen molar-refractivity contribution in [2.75, 3.05) is 13.2 Å². The highest BCUT2D eigenvalue weighted by Gasteiger charge is 2.33. The Morgan fingerprint density at radius 2 is 1.80 bits per heavy atom. The summed E-state index contributed by atoms with van der Waals surface area (Å²) in [6.45, 7) is 2.99. The van der Waals surface area contributed by atoms with E-state index in [1.54, 1.807) is 0 Å². The number of hydrogen-bond acceptors (Lipinski definition) is 3. The monoisotopic (exact) mass is 271 g/mol. The van der Waals surface area contributed by atoms with Gasteiger partial charge in [-0.15, -0.1) is 0 Å². The molecule has 1 aliphatic rings. The Morgan fingerprint density at radius 3 is 2.33 bits per heavy atom. The normalized spacial score (nSPS) is 31.5. The first-order valence-electron chi connectivity index (χ1n) is 4.90. The van der Waals surface area contributed by atoms with Crippen molar-refractivity contribution in [3.63, 3.8) is 0 Å². The minimum Gasteiger partial charge on any atom is -0.344 e. The maximum atomic E-state index is 5.70. The van der Waals surface area contributed by atoms with Crippen molar-refractivity contribution < 1.29 is 9.47 Å². The van der Waals surface area contributed by atoms with E-state index < -0.39 is 5.79 Å². The quantitative estimate of drug-likeness (QED) is 0.850. The van der Waals surface area contributed by atoms with Gasteiger partial charge in [0.05, 0.1) is 19.3 Å². The summed E-state index contributed by atoms with van der Waals surface area (Å²) in [5.74, 6) is -0.656. The molecule has 1 heterocycles. The topological polar surface area (TPSA) is 44.5 Å². The highest BCUT2D eigenvalue weighted by Crippen LogP contribution is 2.30. The molecule has 0 aromatic heterocycles. The van der Waals surface area contributed by atoms with E-state index >= 15 is 0 Å². The molecule has 1 aromatic rings. The minimum absolute atomic E-state index is 0.0199. The van der Waals surface area contributed by atoms with E-state index in [0.717, 1.165) is 10.0 Å². The summed E-state index contributed by atoms with van der Waals surface area (Å²) < 4.78 is 12.3. The summed E-state index contributed by atoms with van der Waals surface area (Å²) in [5, 5.41) is 0. The lowest BCUT2D eigenvalue weighted by Gasteiger charge is -2.36. The summed E-state index contributed by atoms with van der Waals surface area (Å²) in [6, 6.07) is 7.90. The van der Waals surface area contributed by atoms with Crippen LogP contribution in [0.25, 0.3) is 0 Å². The molecule has 3 nitrogen and oxygen atoms in total. The van der Waals surface area contributed by atoms with Crippen LogP contribution in [0.2, 0.25) is 0 Å². The van der Waals surface area contributed by atoms with E-state index in [4.69, 9.17) is 15.2 Å². The van der Waals surface area contributed by atoms with Gasteiger partial charge in [0.25, 0.3) is 0 Å². The van der Waals surface area contributed by atoms with Gasteiger partial charge < -0.3 is 15.2 Å². The van der Waals surface area contributed by atoms with Gasteiger partial charge in [-0.3, -0.25) is 0 Å². The molecule has 0 unspecified atom stereocenters. The third kappa shape index (κ3) is 2.39. The molecule has 82 valence electrons. The van der Waals surface area contributed by atoms with Crippen molar-refractivity contribution in [3.8, 4) is 0 Å². The molecule has 0 aliphatic carbocycles. The van der Waals surface area contributed by atoms with Crippen LogP contribution in [0.3, 0.4) is 0 Å². The Labute approximate surface area is 97.7 Å². The van der Waals surface area contributed by atoms with Crippen LogP contribution < -0.4 is 5.73 Å². The maximum absolute atomic E-state index is 5.70. The minimum atomic E-state index is -0.656. The van der Waals surface area contributed by atoms with Gasteiger partial charge in [-0.2, -0.15) is 0 Å². The molecule has 4 heteroatoms. The Morgan fingerprint density at radius 1 is 1.27 bits per heavy atom. The van der Waals surface area contributed by atoms with Crippen molar-refractivity contribution in [2.45, 2.75) is 18.8 Å². The first-order valence-corrected chi connectivity index (χ1v) is 5.69. The molecule has 1 saturated heterocycles. The van der Waals surface area contributed by atoms with Gasteiger partial charge in [0.2, 0.25) is 0 Å². The van der Waals surface area contributed by atoms with E-state index in [0.29, 0.717) is 13.2 Å². The molecule has 0 saturated carbocycles. The second-order valence-corrected chi connectivity index (χ2v) is 4.75. The van der Waals surface area contributed by atoms with Crippen molar-refractivity contribution in [3.05, 3.63) is 34.3 Å². The molecule has 1 aliphatic heterocycles. The fourth-order valence-corrected chi connectivity index (χ4v) is 1.81. The molecular weight excluding hydrogens is 258 g/mol. The Kier molecular flexibility index (Phi) is 3.11. The highest BCUT2D eigenvalue weighted by atomic mass is 79.9. The number of halogens is 1. The number of benzene rings is 1. The zero-order chi connectivity index (χ0) is 10.9. The van der Waals surface area contributed by atoms with Crippen molar-refractivity contribution in [2.24, 2.45) is 5.73 Å². The second kappa shape index (κ2) is 4.22. The third-order valence-electron chi connectivity index (χ3n) is 2.51. The van der Waals surface area contributed by atoms with Gasteiger partial charge in [0.15, 0.2) is 5.79 Å². The van der Waals surface area contributed by atoms with Crippen LogP contribution in [-0.4, -0.2) is 19.3 Å². The van der Waals surface area contributed by atoms with E-state index in [9.17, 15) is 0 Å². The Hall–Kier alpha value is -0.420. The Balaban J connectivity index is 2.18. The second-order valence-electron chi connectivity index (χ2n) is 3.83. The van der Waals surface area contributed by atoms with Gasteiger partial charge in [0, 0.05) is 10.0 Å². The van der Waals surface area contributed by atoms with E-state index in [2.05, 4.69) is 15.9 Å². The summed E-state index contributed by atoms with van der Waals surface area (Å²) >= 11 is 3.39. The molecule has 0 radical (unpaired) electrons. The lowest BCUT2D eigenvalue weighted by Crippen LogP contribution is -2.46. The van der Waals surface area contributed by atoms with Crippen molar-refractivity contribution in [1.82, 2.24) is 0 Å². The summed E-state index contributed by atoms with van der Waals surface area (Å²) in [4.78, 5) is 0. The van der Waals surface area contributed by atoms with Gasteiger partial charge >= 0.3 is 0 Å². The lowest BCUT2D eigenvalue weighted by molar-refractivity contribution is -0.270. The average molecular weight is 272 g/mol. The predicted octanol–water partition coefficient (Wildman–Crippen LogP) is 2.00. The maximum Gasteiger partial charge on any atom is 0.192 e. The fourth-order valence-electron chi connectivity index (χ4n) is 1.54. The van der Waals surface area contributed by atoms with E-state index in [1.165, 1.54) is 0 Å². The van der Waals surface area contributed by atoms with Gasteiger partial charge in [0.1, 0.15) is 0 Å².